The lowest BCUT2D eigenvalue weighted by molar-refractivity contribution is 0.300. The molecule has 0 aliphatic carbocycles. The fourth-order valence-corrected chi connectivity index (χ4v) is 2.98. The van der Waals surface area contributed by atoms with E-state index >= 15 is 0 Å². The van der Waals surface area contributed by atoms with E-state index in [0.717, 1.165) is 5.56 Å². The summed E-state index contributed by atoms with van der Waals surface area (Å²) in [7, 11) is 0. The number of ether oxygens (including phenoxy) is 1. The highest BCUT2D eigenvalue weighted by atomic mass is 35.5. The Kier molecular flexibility index (Phi) is 4.60. The molecule has 1 heterocycles. The second kappa shape index (κ2) is 7.21. The molecular weight excluding hydrogens is 367 g/mol. The summed E-state index contributed by atoms with van der Waals surface area (Å²) in [6, 6.07) is 18.7. The number of para-hydroxylation sites is 1. The van der Waals surface area contributed by atoms with E-state index in [4.69, 9.17) is 16.3 Å². The maximum atomic E-state index is 13.8. The van der Waals surface area contributed by atoms with Crippen LogP contribution in [-0.2, 0) is 6.61 Å². The van der Waals surface area contributed by atoms with E-state index in [-0.39, 0.29) is 12.2 Å². The molecule has 3 aromatic carbocycles. The van der Waals surface area contributed by atoms with E-state index in [1.165, 1.54) is 6.07 Å². The number of hydrogen-bond donors (Lipinski definition) is 1. The van der Waals surface area contributed by atoms with E-state index in [1.807, 2.05) is 6.07 Å². The van der Waals surface area contributed by atoms with Crippen LogP contribution in [0.1, 0.15) is 5.56 Å². The Labute approximate surface area is 159 Å². The largest absolute Gasteiger partial charge is 0.489 e. The number of fused-ring (bicyclic) bond motifs is 1. The second-order valence-electron chi connectivity index (χ2n) is 5.94. The standard InChI is InChI=1S/C21H14ClFN2O2/c22-17-5-3-6-18(23)16(17)12-27-14-10-8-13(9-11-14)20-24-19-7-2-1-4-15(19)21(26)25-20/h1-11H,12H2,(H,24,25,26). The molecule has 0 atom stereocenters. The smallest absolute Gasteiger partial charge is 0.259 e. The lowest BCUT2D eigenvalue weighted by Crippen LogP contribution is -2.09. The SMILES string of the molecule is O=c1[nH]c(-c2ccc(OCc3c(F)cccc3Cl)cc2)nc2ccccc12. The zero-order chi connectivity index (χ0) is 18.8. The Morgan fingerprint density at radius 2 is 1.78 bits per heavy atom. The lowest BCUT2D eigenvalue weighted by Gasteiger charge is -2.09. The van der Waals surface area contributed by atoms with Crippen LogP contribution in [0.2, 0.25) is 5.02 Å². The molecule has 27 heavy (non-hydrogen) atoms. The van der Waals surface area contributed by atoms with E-state index < -0.39 is 5.82 Å². The summed E-state index contributed by atoms with van der Waals surface area (Å²) in [6.45, 7) is 0.0237. The summed E-state index contributed by atoms with van der Waals surface area (Å²) in [4.78, 5) is 19.5. The first kappa shape index (κ1) is 17.2. The van der Waals surface area contributed by atoms with Crippen LogP contribution in [0.25, 0.3) is 22.3 Å². The minimum atomic E-state index is -0.406. The Morgan fingerprint density at radius 1 is 1.00 bits per heavy atom. The van der Waals surface area contributed by atoms with Crippen molar-refractivity contribution < 1.29 is 9.13 Å². The molecule has 0 bridgehead atoms. The van der Waals surface area contributed by atoms with Gasteiger partial charge in [0.2, 0.25) is 0 Å². The third-order valence-electron chi connectivity index (χ3n) is 4.19. The van der Waals surface area contributed by atoms with Crippen molar-refractivity contribution in [2.24, 2.45) is 0 Å². The maximum absolute atomic E-state index is 13.8. The van der Waals surface area contributed by atoms with Gasteiger partial charge in [-0.2, -0.15) is 0 Å². The van der Waals surface area contributed by atoms with Crippen molar-refractivity contribution in [1.82, 2.24) is 9.97 Å². The molecule has 0 saturated heterocycles. The van der Waals surface area contributed by atoms with Gasteiger partial charge < -0.3 is 9.72 Å². The van der Waals surface area contributed by atoms with Gasteiger partial charge in [-0.05, 0) is 48.5 Å². The predicted octanol–water partition coefficient (Wildman–Crippen LogP) is 4.96. The van der Waals surface area contributed by atoms with Gasteiger partial charge in [0.15, 0.2) is 0 Å². The molecule has 4 aromatic rings. The van der Waals surface area contributed by atoms with Crippen molar-refractivity contribution >= 4 is 22.5 Å². The van der Waals surface area contributed by atoms with Crippen LogP contribution in [0.15, 0.2) is 71.5 Å². The number of hydrogen-bond acceptors (Lipinski definition) is 3. The van der Waals surface area contributed by atoms with Crippen LogP contribution in [0.3, 0.4) is 0 Å². The summed E-state index contributed by atoms with van der Waals surface area (Å²) in [5.74, 6) is 0.626. The third kappa shape index (κ3) is 3.55. The van der Waals surface area contributed by atoms with Gasteiger partial charge in [-0.3, -0.25) is 4.79 Å². The molecule has 0 spiro atoms. The first-order valence-electron chi connectivity index (χ1n) is 8.27. The molecule has 4 rings (SSSR count). The topological polar surface area (TPSA) is 55.0 Å². The number of H-pyrrole nitrogens is 1. The average molecular weight is 381 g/mol. The molecule has 0 saturated carbocycles. The molecule has 6 heteroatoms. The number of nitrogens with zero attached hydrogens (tertiary/aromatic N) is 1. The molecule has 0 amide bonds. The summed E-state index contributed by atoms with van der Waals surface area (Å²) in [5, 5.41) is 0.868. The van der Waals surface area contributed by atoms with Crippen molar-refractivity contribution in [1.29, 1.82) is 0 Å². The molecule has 0 fully saturated rings. The van der Waals surface area contributed by atoms with Gasteiger partial charge in [0, 0.05) is 11.1 Å². The number of aromatic amines is 1. The molecule has 0 aliphatic heterocycles. The summed E-state index contributed by atoms with van der Waals surface area (Å²) in [6.07, 6.45) is 0. The maximum Gasteiger partial charge on any atom is 0.259 e. The normalized spacial score (nSPS) is 10.9. The number of halogens is 2. The van der Waals surface area contributed by atoms with Gasteiger partial charge in [0.05, 0.1) is 15.9 Å². The highest BCUT2D eigenvalue weighted by Crippen LogP contribution is 2.23. The van der Waals surface area contributed by atoms with Crippen molar-refractivity contribution in [3.8, 4) is 17.1 Å². The second-order valence-corrected chi connectivity index (χ2v) is 6.35. The summed E-state index contributed by atoms with van der Waals surface area (Å²) >= 11 is 6.00. The molecule has 0 aliphatic rings. The minimum absolute atomic E-state index is 0.0237. The van der Waals surface area contributed by atoms with Crippen LogP contribution in [-0.4, -0.2) is 9.97 Å². The Morgan fingerprint density at radius 3 is 2.56 bits per heavy atom. The number of nitrogens with one attached hydrogen (secondary N) is 1. The predicted molar refractivity (Wildman–Crippen MR) is 104 cm³/mol. The van der Waals surface area contributed by atoms with E-state index in [9.17, 15) is 9.18 Å². The monoisotopic (exact) mass is 380 g/mol. The Bertz CT molecular complexity index is 1150. The Hall–Kier alpha value is -3.18. The fraction of sp³-hybridized carbons (Fsp3) is 0.0476. The zero-order valence-electron chi connectivity index (χ0n) is 14.1. The highest BCUT2D eigenvalue weighted by molar-refractivity contribution is 6.31. The molecule has 1 aromatic heterocycles. The average Bonchev–Trinajstić information content (AvgIpc) is 2.68. The van der Waals surface area contributed by atoms with Gasteiger partial charge in [0.1, 0.15) is 24.0 Å². The van der Waals surface area contributed by atoms with Crippen LogP contribution in [0.4, 0.5) is 4.39 Å². The van der Waals surface area contributed by atoms with Crippen molar-refractivity contribution in [3.05, 3.63) is 93.5 Å². The first-order valence-corrected chi connectivity index (χ1v) is 8.65. The number of aromatic nitrogens is 2. The van der Waals surface area contributed by atoms with E-state index in [0.29, 0.717) is 33.1 Å². The quantitative estimate of drug-likeness (QED) is 0.544. The third-order valence-corrected chi connectivity index (χ3v) is 4.54. The van der Waals surface area contributed by atoms with Crippen molar-refractivity contribution in [2.45, 2.75) is 6.61 Å². The minimum Gasteiger partial charge on any atom is -0.489 e. The first-order chi connectivity index (χ1) is 13.1. The number of rotatable bonds is 4. The molecule has 0 unspecified atom stereocenters. The molecule has 1 N–H and O–H groups in total. The van der Waals surface area contributed by atoms with Crippen molar-refractivity contribution in [3.63, 3.8) is 0 Å². The Balaban J connectivity index is 1.57. The zero-order valence-corrected chi connectivity index (χ0v) is 14.8. The van der Waals surface area contributed by atoms with Gasteiger partial charge in [0.25, 0.3) is 5.56 Å². The molecule has 0 radical (unpaired) electrons. The van der Waals surface area contributed by atoms with Gasteiger partial charge in [-0.15, -0.1) is 0 Å². The van der Waals surface area contributed by atoms with Crippen LogP contribution in [0, 0.1) is 5.82 Å². The van der Waals surface area contributed by atoms with Crippen LogP contribution >= 0.6 is 11.6 Å². The van der Waals surface area contributed by atoms with Gasteiger partial charge in [-0.1, -0.05) is 29.8 Å². The van der Waals surface area contributed by atoms with Crippen LogP contribution < -0.4 is 10.3 Å². The van der Waals surface area contributed by atoms with Gasteiger partial charge >= 0.3 is 0 Å². The van der Waals surface area contributed by atoms with E-state index in [2.05, 4.69) is 9.97 Å². The molecular formula is C21H14ClFN2O2. The van der Waals surface area contributed by atoms with Gasteiger partial charge in [-0.25, -0.2) is 9.37 Å². The highest BCUT2D eigenvalue weighted by Gasteiger charge is 2.09. The number of benzene rings is 3. The fourth-order valence-electron chi connectivity index (χ4n) is 2.76. The van der Waals surface area contributed by atoms with Crippen molar-refractivity contribution in [2.75, 3.05) is 0 Å². The lowest BCUT2D eigenvalue weighted by atomic mass is 10.2. The molecule has 4 nitrogen and oxygen atoms in total. The van der Waals surface area contributed by atoms with Crippen LogP contribution in [0.5, 0.6) is 5.75 Å². The molecule has 134 valence electrons. The summed E-state index contributed by atoms with van der Waals surface area (Å²) in [5.41, 5.74) is 1.49. The summed E-state index contributed by atoms with van der Waals surface area (Å²) < 4.78 is 19.4. The van der Waals surface area contributed by atoms with E-state index in [1.54, 1.807) is 54.6 Å².